The Morgan fingerprint density at radius 3 is 2.71 bits per heavy atom. The van der Waals surface area contributed by atoms with Crippen LogP contribution in [0.5, 0.6) is 5.75 Å². The number of benzene rings is 1. The quantitative estimate of drug-likeness (QED) is 0.313. The fourth-order valence-electron chi connectivity index (χ4n) is 3.28. The number of unbranched alkanes of at least 4 members (excludes halogenated alkanes) is 1. The number of thiazole rings is 1. The molecule has 3 heterocycles. The molecular weight excluding hydrogens is 468 g/mol. The van der Waals surface area contributed by atoms with E-state index in [2.05, 4.69) is 22.3 Å². The summed E-state index contributed by atoms with van der Waals surface area (Å²) >= 11 is 3.20. The maximum Gasteiger partial charge on any atom is 0.266 e. The molecule has 1 amide bonds. The van der Waals surface area contributed by atoms with E-state index in [1.54, 1.807) is 53.0 Å². The Kier molecular flexibility index (Phi) is 7.87. The van der Waals surface area contributed by atoms with E-state index >= 15 is 0 Å². The van der Waals surface area contributed by atoms with E-state index in [1.807, 2.05) is 24.4 Å². The van der Waals surface area contributed by atoms with Crippen molar-refractivity contribution < 1.29 is 9.53 Å². The van der Waals surface area contributed by atoms with Crippen molar-refractivity contribution in [2.24, 2.45) is 0 Å². The third-order valence-corrected chi connectivity index (χ3v) is 7.34. The van der Waals surface area contributed by atoms with Gasteiger partial charge in [-0.2, -0.15) is 5.10 Å². The lowest BCUT2D eigenvalue weighted by atomic mass is 10.2. The molecule has 3 aromatic heterocycles. The van der Waals surface area contributed by atoms with Crippen LogP contribution in [-0.4, -0.2) is 33.8 Å². The first-order valence-electron chi connectivity index (χ1n) is 11.2. The number of nitrogens with zero attached hydrogens (tertiary/aromatic N) is 3. The van der Waals surface area contributed by atoms with Crippen LogP contribution in [-0.2, 0) is 6.54 Å². The second kappa shape index (κ2) is 11.2. The number of hydrogen-bond donors (Lipinski definition) is 1. The fourth-order valence-corrected chi connectivity index (χ4v) is 5.11. The molecule has 0 aliphatic rings. The minimum absolute atomic E-state index is 0.205. The molecule has 0 saturated carbocycles. The van der Waals surface area contributed by atoms with Crippen molar-refractivity contribution in [3.8, 4) is 26.2 Å². The van der Waals surface area contributed by atoms with Crippen molar-refractivity contribution in [1.29, 1.82) is 0 Å². The number of carbonyl (C=O) groups is 1. The molecule has 0 radical (unpaired) electrons. The van der Waals surface area contributed by atoms with E-state index in [0.29, 0.717) is 17.9 Å². The van der Waals surface area contributed by atoms with Crippen molar-refractivity contribution >= 4 is 28.6 Å². The zero-order chi connectivity index (χ0) is 23.9. The first-order chi connectivity index (χ1) is 16.5. The van der Waals surface area contributed by atoms with Gasteiger partial charge in [0.25, 0.3) is 11.5 Å². The van der Waals surface area contributed by atoms with Gasteiger partial charge in [-0.15, -0.1) is 22.7 Å². The first kappa shape index (κ1) is 23.8. The van der Waals surface area contributed by atoms with Crippen molar-refractivity contribution in [3.05, 3.63) is 75.5 Å². The molecule has 9 heteroatoms. The van der Waals surface area contributed by atoms with Gasteiger partial charge in [0.05, 0.1) is 28.6 Å². The molecule has 0 fully saturated rings. The monoisotopic (exact) mass is 494 g/mol. The normalized spacial score (nSPS) is 10.9. The van der Waals surface area contributed by atoms with E-state index in [4.69, 9.17) is 4.74 Å². The highest BCUT2D eigenvalue weighted by molar-refractivity contribution is 7.23. The Morgan fingerprint density at radius 1 is 1.15 bits per heavy atom. The molecule has 1 aromatic carbocycles. The molecule has 0 saturated heterocycles. The molecule has 0 aliphatic heterocycles. The largest absolute Gasteiger partial charge is 0.494 e. The first-order valence-corrected chi connectivity index (χ1v) is 12.9. The number of hydrogen-bond acceptors (Lipinski definition) is 7. The molecule has 0 bridgehead atoms. The van der Waals surface area contributed by atoms with Gasteiger partial charge in [-0.05, 0) is 55.1 Å². The third kappa shape index (κ3) is 5.78. The Hall–Kier alpha value is -3.30. The summed E-state index contributed by atoms with van der Waals surface area (Å²) in [5.41, 5.74) is 1.90. The molecule has 4 rings (SSSR count). The molecule has 0 aliphatic carbocycles. The van der Waals surface area contributed by atoms with Crippen LogP contribution in [0.25, 0.3) is 20.5 Å². The summed E-state index contributed by atoms with van der Waals surface area (Å²) in [5, 5.41) is 10.3. The van der Waals surface area contributed by atoms with Crippen LogP contribution in [0.1, 0.15) is 35.8 Å². The van der Waals surface area contributed by atoms with Gasteiger partial charge in [0, 0.05) is 18.2 Å². The highest BCUT2D eigenvalue weighted by Gasteiger charge is 2.14. The molecule has 176 valence electrons. The lowest BCUT2D eigenvalue weighted by molar-refractivity contribution is 0.0951. The number of thiophene rings is 1. The van der Waals surface area contributed by atoms with Crippen molar-refractivity contribution in [3.63, 3.8) is 0 Å². The van der Waals surface area contributed by atoms with Crippen LogP contribution in [0.2, 0.25) is 0 Å². The summed E-state index contributed by atoms with van der Waals surface area (Å²) in [5.74, 6) is 0.543. The van der Waals surface area contributed by atoms with Crippen molar-refractivity contribution in [2.75, 3.05) is 13.2 Å². The molecule has 0 spiro atoms. The van der Waals surface area contributed by atoms with Crippen LogP contribution in [0.3, 0.4) is 0 Å². The lowest BCUT2D eigenvalue weighted by Gasteiger charge is -2.09. The summed E-state index contributed by atoms with van der Waals surface area (Å²) in [6.45, 7) is 5.28. The summed E-state index contributed by atoms with van der Waals surface area (Å²) in [4.78, 5) is 31.5. The Morgan fingerprint density at radius 2 is 1.97 bits per heavy atom. The second-order valence-corrected chi connectivity index (χ2v) is 9.62. The zero-order valence-electron chi connectivity index (χ0n) is 19.1. The van der Waals surface area contributed by atoms with Gasteiger partial charge in [0.2, 0.25) is 0 Å². The number of amides is 1. The molecule has 0 atom stereocenters. The van der Waals surface area contributed by atoms with Gasteiger partial charge in [-0.25, -0.2) is 9.67 Å². The van der Waals surface area contributed by atoms with Crippen LogP contribution >= 0.6 is 22.7 Å². The summed E-state index contributed by atoms with van der Waals surface area (Å²) in [6.07, 6.45) is 2.07. The molecule has 0 unspecified atom stereocenters. The molecular formula is C25H26N4O3S2. The minimum Gasteiger partial charge on any atom is -0.494 e. The number of carbonyl (C=O) groups excluding carboxylic acids is 1. The number of rotatable bonds is 10. The van der Waals surface area contributed by atoms with E-state index in [1.165, 1.54) is 10.7 Å². The summed E-state index contributed by atoms with van der Waals surface area (Å²) in [7, 11) is 0. The number of nitrogens with one attached hydrogen (secondary N) is 1. The molecule has 1 N–H and O–H groups in total. The van der Waals surface area contributed by atoms with Crippen LogP contribution in [0.4, 0.5) is 0 Å². The fraction of sp³-hybridized carbons (Fsp3) is 0.280. The van der Waals surface area contributed by atoms with Gasteiger partial charge in [-0.3, -0.25) is 9.59 Å². The van der Waals surface area contributed by atoms with Crippen LogP contribution in [0.15, 0.2) is 58.7 Å². The number of aromatic nitrogens is 3. The standard InChI is InChI=1S/C25H26N4O3S2/c1-3-4-15-32-19-9-7-18(8-10-19)24(31)26-13-14-29-22(30)12-11-20(28-29)23-17(2)27-25(34-23)21-6-5-16-33-21/h5-12,16H,3-4,13-15H2,1-2H3,(H,26,31). The van der Waals surface area contributed by atoms with Gasteiger partial charge in [-0.1, -0.05) is 19.4 Å². The zero-order valence-corrected chi connectivity index (χ0v) is 20.7. The van der Waals surface area contributed by atoms with E-state index < -0.39 is 0 Å². The number of aryl methyl sites for hydroxylation is 1. The second-order valence-electron chi connectivity index (χ2n) is 7.67. The van der Waals surface area contributed by atoms with E-state index in [0.717, 1.165) is 39.0 Å². The van der Waals surface area contributed by atoms with Gasteiger partial charge >= 0.3 is 0 Å². The highest BCUT2D eigenvalue weighted by Crippen LogP contribution is 2.35. The van der Waals surface area contributed by atoms with Gasteiger partial charge < -0.3 is 10.1 Å². The van der Waals surface area contributed by atoms with E-state index in [-0.39, 0.29) is 24.6 Å². The predicted molar refractivity (Wildman–Crippen MR) is 137 cm³/mol. The molecule has 7 nitrogen and oxygen atoms in total. The molecule has 4 aromatic rings. The maximum absolute atomic E-state index is 12.5. The number of ether oxygens (including phenoxy) is 1. The summed E-state index contributed by atoms with van der Waals surface area (Å²) in [6, 6.07) is 14.3. The van der Waals surface area contributed by atoms with Crippen LogP contribution < -0.4 is 15.6 Å². The van der Waals surface area contributed by atoms with Gasteiger partial charge in [0.15, 0.2) is 0 Å². The summed E-state index contributed by atoms with van der Waals surface area (Å²) < 4.78 is 7.01. The predicted octanol–water partition coefficient (Wildman–Crippen LogP) is 5.01. The van der Waals surface area contributed by atoms with E-state index in [9.17, 15) is 9.59 Å². The SMILES string of the molecule is CCCCOc1ccc(C(=O)NCCn2nc(-c3sc(-c4cccs4)nc3C)ccc2=O)cc1. The molecule has 34 heavy (non-hydrogen) atoms. The van der Waals surface area contributed by atoms with Crippen LogP contribution in [0, 0.1) is 6.92 Å². The average Bonchev–Trinajstić information content (AvgIpc) is 3.51. The Labute approximate surface area is 206 Å². The van der Waals surface area contributed by atoms with Crippen molar-refractivity contribution in [2.45, 2.75) is 33.2 Å². The highest BCUT2D eigenvalue weighted by atomic mass is 32.1. The average molecular weight is 495 g/mol. The minimum atomic E-state index is -0.216. The topological polar surface area (TPSA) is 86.1 Å². The third-order valence-electron chi connectivity index (χ3n) is 5.12. The lowest BCUT2D eigenvalue weighted by Crippen LogP contribution is -2.31. The van der Waals surface area contributed by atoms with Gasteiger partial charge in [0.1, 0.15) is 16.5 Å². The smallest absolute Gasteiger partial charge is 0.266 e. The van der Waals surface area contributed by atoms with Crippen molar-refractivity contribution in [1.82, 2.24) is 20.1 Å². The maximum atomic E-state index is 12.5. The Bertz CT molecular complexity index is 1290. The Balaban J connectivity index is 1.38.